The van der Waals surface area contributed by atoms with Gasteiger partial charge in [-0.05, 0) is 59.9 Å². The van der Waals surface area contributed by atoms with Crippen molar-refractivity contribution < 1.29 is 24.1 Å². The second-order valence-corrected chi connectivity index (χ2v) is 10.0. The third-order valence-electron chi connectivity index (χ3n) is 6.53. The number of aliphatic hydroxyl groups is 1. The molecule has 0 aliphatic rings. The second-order valence-electron chi connectivity index (χ2n) is 9.60. The summed E-state index contributed by atoms with van der Waals surface area (Å²) in [5.41, 5.74) is 3.78. The topological polar surface area (TPSA) is 69.2 Å². The minimum Gasteiger partial charge on any atom is -0.493 e. The molecule has 40 heavy (non-hydrogen) atoms. The molecular weight excluding hydrogens is 526 g/mol. The first kappa shape index (κ1) is 29.3. The molecule has 0 aliphatic carbocycles. The van der Waals surface area contributed by atoms with Crippen LogP contribution in [-0.4, -0.2) is 31.9 Å². The molecule has 2 N–H and O–H groups in total. The molecule has 2 unspecified atom stereocenters. The van der Waals surface area contributed by atoms with Gasteiger partial charge in [0.2, 0.25) is 0 Å². The summed E-state index contributed by atoms with van der Waals surface area (Å²) in [4.78, 5) is 0. The smallest absolute Gasteiger partial charge is 0.180 e. The zero-order valence-electron chi connectivity index (χ0n) is 23.1. The largest absolute Gasteiger partial charge is 0.493 e. The van der Waals surface area contributed by atoms with E-state index in [1.165, 1.54) is 0 Å². The Balaban J connectivity index is 1.45. The number of hydrogen-bond donors (Lipinski definition) is 2. The molecule has 0 aromatic heterocycles. The molecule has 210 valence electrons. The summed E-state index contributed by atoms with van der Waals surface area (Å²) >= 11 is 6.69. The predicted molar refractivity (Wildman–Crippen MR) is 159 cm³/mol. The SMILES string of the molecule is COc1ccc(CC(C)NCC(O)c2cc(Cl)c(OCc3ccccc3)c(OCc3ccccc3)c2)cc1OC. The van der Waals surface area contributed by atoms with Crippen LogP contribution in [0.3, 0.4) is 0 Å². The Kier molecular flexibility index (Phi) is 10.7. The van der Waals surface area contributed by atoms with Crippen LogP contribution in [0.1, 0.15) is 35.3 Å². The maximum Gasteiger partial charge on any atom is 0.180 e. The van der Waals surface area contributed by atoms with Gasteiger partial charge >= 0.3 is 0 Å². The lowest BCUT2D eigenvalue weighted by Crippen LogP contribution is -2.32. The molecular formula is C33H36ClNO5. The van der Waals surface area contributed by atoms with Gasteiger partial charge in [0.1, 0.15) is 13.2 Å². The minimum atomic E-state index is -0.799. The van der Waals surface area contributed by atoms with Crippen LogP contribution in [0, 0.1) is 0 Å². The van der Waals surface area contributed by atoms with Crippen molar-refractivity contribution >= 4 is 11.6 Å². The van der Waals surface area contributed by atoms with E-state index >= 15 is 0 Å². The van der Waals surface area contributed by atoms with Crippen molar-refractivity contribution in [3.63, 3.8) is 0 Å². The van der Waals surface area contributed by atoms with Gasteiger partial charge in [-0.1, -0.05) is 78.3 Å². The number of rotatable bonds is 14. The summed E-state index contributed by atoms with van der Waals surface area (Å²) in [6.07, 6.45) is -0.0430. The lowest BCUT2D eigenvalue weighted by atomic mass is 10.0. The van der Waals surface area contributed by atoms with Crippen LogP contribution in [0.2, 0.25) is 5.02 Å². The van der Waals surface area contributed by atoms with E-state index in [2.05, 4.69) is 12.2 Å². The first-order chi connectivity index (χ1) is 19.5. The van der Waals surface area contributed by atoms with Crippen molar-refractivity contribution in [2.45, 2.75) is 38.7 Å². The highest BCUT2D eigenvalue weighted by Crippen LogP contribution is 2.39. The highest BCUT2D eigenvalue weighted by Gasteiger charge is 2.18. The van der Waals surface area contributed by atoms with E-state index in [9.17, 15) is 5.11 Å². The molecule has 4 aromatic rings. The average Bonchev–Trinajstić information content (AvgIpc) is 2.99. The fourth-order valence-electron chi connectivity index (χ4n) is 4.36. The summed E-state index contributed by atoms with van der Waals surface area (Å²) in [6, 6.07) is 29.3. The summed E-state index contributed by atoms with van der Waals surface area (Å²) < 4.78 is 23.0. The normalized spacial score (nSPS) is 12.4. The molecule has 4 aromatic carbocycles. The first-order valence-corrected chi connectivity index (χ1v) is 13.6. The number of aliphatic hydroxyl groups excluding tert-OH is 1. The number of benzene rings is 4. The zero-order chi connectivity index (χ0) is 28.3. The van der Waals surface area contributed by atoms with Gasteiger partial charge in [-0.2, -0.15) is 0 Å². The van der Waals surface area contributed by atoms with Crippen molar-refractivity contribution in [3.8, 4) is 23.0 Å². The summed E-state index contributed by atoms with van der Waals surface area (Å²) in [5.74, 6) is 2.33. The molecule has 0 heterocycles. The quantitative estimate of drug-likeness (QED) is 0.177. The Morgan fingerprint density at radius 3 is 1.98 bits per heavy atom. The molecule has 6 nitrogen and oxygen atoms in total. The standard InChI is InChI=1S/C33H36ClNO5/c1-23(16-26-14-15-30(37-2)31(17-26)38-3)35-20-29(36)27-18-28(34)33(40-22-25-12-8-5-9-13-25)32(19-27)39-21-24-10-6-4-7-11-24/h4-15,17-19,23,29,35-36H,16,20-22H2,1-3H3. The van der Waals surface area contributed by atoms with Crippen molar-refractivity contribution in [1.82, 2.24) is 5.32 Å². The van der Waals surface area contributed by atoms with Gasteiger partial charge in [-0.3, -0.25) is 0 Å². The molecule has 0 amide bonds. The fraction of sp³-hybridized carbons (Fsp3) is 0.273. The predicted octanol–water partition coefficient (Wildman–Crippen LogP) is 6.77. The Morgan fingerprint density at radius 2 is 1.35 bits per heavy atom. The summed E-state index contributed by atoms with van der Waals surface area (Å²) in [6.45, 7) is 3.11. The van der Waals surface area contributed by atoms with E-state index < -0.39 is 6.10 Å². The zero-order valence-corrected chi connectivity index (χ0v) is 23.9. The van der Waals surface area contributed by atoms with E-state index in [-0.39, 0.29) is 6.04 Å². The van der Waals surface area contributed by atoms with Gasteiger partial charge in [-0.25, -0.2) is 0 Å². The number of methoxy groups -OCH3 is 2. The van der Waals surface area contributed by atoms with E-state index in [0.717, 1.165) is 23.1 Å². The Morgan fingerprint density at radius 1 is 0.725 bits per heavy atom. The van der Waals surface area contributed by atoms with Gasteiger partial charge < -0.3 is 29.4 Å². The lowest BCUT2D eigenvalue weighted by molar-refractivity contribution is 0.169. The summed E-state index contributed by atoms with van der Waals surface area (Å²) in [7, 11) is 3.25. The fourth-order valence-corrected chi connectivity index (χ4v) is 4.63. The number of halogens is 1. The van der Waals surface area contributed by atoms with E-state index in [0.29, 0.717) is 53.3 Å². The van der Waals surface area contributed by atoms with Crippen LogP contribution in [0.4, 0.5) is 0 Å². The van der Waals surface area contributed by atoms with E-state index in [4.69, 9.17) is 30.5 Å². The molecule has 0 saturated carbocycles. The van der Waals surface area contributed by atoms with Crippen LogP contribution >= 0.6 is 11.6 Å². The van der Waals surface area contributed by atoms with Crippen LogP contribution in [0.15, 0.2) is 91.0 Å². The lowest BCUT2D eigenvalue weighted by Gasteiger charge is -2.20. The van der Waals surface area contributed by atoms with Crippen molar-refractivity contribution in [3.05, 3.63) is 118 Å². The molecule has 4 rings (SSSR count). The van der Waals surface area contributed by atoms with Crippen molar-refractivity contribution in [2.75, 3.05) is 20.8 Å². The number of ether oxygens (including phenoxy) is 4. The molecule has 0 spiro atoms. The molecule has 7 heteroatoms. The number of nitrogens with one attached hydrogen (secondary N) is 1. The first-order valence-electron chi connectivity index (χ1n) is 13.3. The van der Waals surface area contributed by atoms with Gasteiger partial charge in [-0.15, -0.1) is 0 Å². The van der Waals surface area contributed by atoms with E-state index in [1.807, 2.05) is 78.9 Å². The van der Waals surface area contributed by atoms with Crippen LogP contribution < -0.4 is 24.3 Å². The number of hydrogen-bond acceptors (Lipinski definition) is 6. The van der Waals surface area contributed by atoms with Crippen LogP contribution in [-0.2, 0) is 19.6 Å². The average molecular weight is 562 g/mol. The van der Waals surface area contributed by atoms with Crippen LogP contribution in [0.25, 0.3) is 0 Å². The Bertz CT molecular complexity index is 1350. The third kappa shape index (κ3) is 8.15. The minimum absolute atomic E-state index is 0.102. The molecule has 0 radical (unpaired) electrons. The second kappa shape index (κ2) is 14.6. The van der Waals surface area contributed by atoms with Gasteiger partial charge in [0.25, 0.3) is 0 Å². The Labute approximate surface area is 241 Å². The highest BCUT2D eigenvalue weighted by atomic mass is 35.5. The van der Waals surface area contributed by atoms with Crippen molar-refractivity contribution in [2.24, 2.45) is 0 Å². The monoisotopic (exact) mass is 561 g/mol. The molecule has 0 saturated heterocycles. The van der Waals surface area contributed by atoms with E-state index in [1.54, 1.807) is 26.4 Å². The molecule has 2 atom stereocenters. The molecule has 0 aliphatic heterocycles. The van der Waals surface area contributed by atoms with Gasteiger partial charge in [0.05, 0.1) is 25.3 Å². The Hall–Kier alpha value is -3.71. The maximum atomic E-state index is 11.1. The van der Waals surface area contributed by atoms with Gasteiger partial charge in [0, 0.05) is 12.6 Å². The van der Waals surface area contributed by atoms with Crippen LogP contribution in [0.5, 0.6) is 23.0 Å². The summed E-state index contributed by atoms with van der Waals surface area (Å²) in [5, 5.41) is 14.9. The maximum absolute atomic E-state index is 11.1. The van der Waals surface area contributed by atoms with Crippen molar-refractivity contribution in [1.29, 1.82) is 0 Å². The van der Waals surface area contributed by atoms with Gasteiger partial charge in [0.15, 0.2) is 23.0 Å². The molecule has 0 bridgehead atoms. The molecule has 0 fully saturated rings. The third-order valence-corrected chi connectivity index (χ3v) is 6.81. The highest BCUT2D eigenvalue weighted by molar-refractivity contribution is 6.32.